The zero-order valence-electron chi connectivity index (χ0n) is 18.6. The normalized spacial score (nSPS) is 11.3. The minimum absolute atomic E-state index is 0.769. The minimum atomic E-state index is 0.769. The number of nitrogen functional groups attached to an aromatic ring is 1. The van der Waals surface area contributed by atoms with Crippen molar-refractivity contribution in [3.8, 4) is 11.1 Å². The Hall–Kier alpha value is -2.54. The van der Waals surface area contributed by atoms with E-state index in [1.54, 1.807) is 11.3 Å². The molecule has 4 nitrogen and oxygen atoms in total. The van der Waals surface area contributed by atoms with Crippen LogP contribution in [-0.2, 0) is 25.1 Å². The lowest BCUT2D eigenvalue weighted by Crippen LogP contribution is -2.09. The predicted molar refractivity (Wildman–Crippen MR) is 137 cm³/mol. The molecule has 0 amide bonds. The number of thiazole rings is 1. The number of nitrogens with two attached hydrogens (primary N) is 1. The van der Waals surface area contributed by atoms with Crippen LogP contribution in [-0.4, -0.2) is 29.7 Å². The topological polar surface area (TPSA) is 55.3 Å². The molecule has 6 heteroatoms. The molecule has 0 bridgehead atoms. The first-order valence-corrected chi connectivity index (χ1v) is 12.7. The van der Waals surface area contributed by atoms with Crippen LogP contribution in [0.3, 0.4) is 0 Å². The third-order valence-electron chi connectivity index (χ3n) is 5.10. The van der Waals surface area contributed by atoms with Gasteiger partial charge in [0.1, 0.15) is 16.5 Å². The summed E-state index contributed by atoms with van der Waals surface area (Å²) in [7, 11) is 4.09. The van der Waals surface area contributed by atoms with E-state index in [0.29, 0.717) is 0 Å². The standard InChI is InChI=1S/C26H29N3OS2/c1-29(2)17-22-12-13-23(30-22)18-31-15-14-25-28-24(26(27)32-25)16-19-8-10-21(11-9-19)20-6-4-3-5-7-20/h3-13H,14-18,27H2,1-2H3. The van der Waals surface area contributed by atoms with Gasteiger partial charge in [0.2, 0.25) is 0 Å². The minimum Gasteiger partial charge on any atom is -0.464 e. The highest BCUT2D eigenvalue weighted by molar-refractivity contribution is 7.98. The first kappa shape index (κ1) is 22.6. The maximum Gasteiger partial charge on any atom is 0.118 e. The van der Waals surface area contributed by atoms with Gasteiger partial charge in [0.25, 0.3) is 0 Å². The summed E-state index contributed by atoms with van der Waals surface area (Å²) in [5.41, 5.74) is 11.0. The molecule has 0 saturated carbocycles. The summed E-state index contributed by atoms with van der Waals surface area (Å²) in [6, 6.07) is 23.3. The number of anilines is 1. The summed E-state index contributed by atoms with van der Waals surface area (Å²) in [6.45, 7) is 0.834. The van der Waals surface area contributed by atoms with Gasteiger partial charge >= 0.3 is 0 Å². The molecule has 2 aromatic carbocycles. The lowest BCUT2D eigenvalue weighted by Gasteiger charge is -2.05. The van der Waals surface area contributed by atoms with Crippen LogP contribution < -0.4 is 5.73 Å². The van der Waals surface area contributed by atoms with Gasteiger partial charge in [-0.05, 0) is 42.9 Å². The average molecular weight is 464 g/mol. The zero-order valence-corrected chi connectivity index (χ0v) is 20.2. The highest BCUT2D eigenvalue weighted by atomic mass is 32.2. The molecule has 0 aliphatic rings. The lowest BCUT2D eigenvalue weighted by molar-refractivity contribution is 0.344. The molecule has 2 aromatic heterocycles. The highest BCUT2D eigenvalue weighted by Crippen LogP contribution is 2.27. The summed E-state index contributed by atoms with van der Waals surface area (Å²) >= 11 is 3.49. The largest absolute Gasteiger partial charge is 0.464 e. The van der Waals surface area contributed by atoms with Crippen LogP contribution in [0, 0.1) is 0 Å². The van der Waals surface area contributed by atoms with Crippen molar-refractivity contribution in [2.24, 2.45) is 0 Å². The maximum absolute atomic E-state index is 6.28. The van der Waals surface area contributed by atoms with Crippen molar-refractivity contribution in [2.75, 3.05) is 25.6 Å². The van der Waals surface area contributed by atoms with E-state index in [-0.39, 0.29) is 0 Å². The van der Waals surface area contributed by atoms with Gasteiger partial charge in [-0.15, -0.1) is 11.3 Å². The first-order valence-electron chi connectivity index (χ1n) is 10.8. The molecule has 0 aliphatic carbocycles. The third kappa shape index (κ3) is 6.25. The van der Waals surface area contributed by atoms with E-state index >= 15 is 0 Å². The van der Waals surface area contributed by atoms with Gasteiger partial charge in [-0.3, -0.25) is 0 Å². The number of hydrogen-bond donors (Lipinski definition) is 1. The second-order valence-electron chi connectivity index (χ2n) is 8.07. The number of hydrogen-bond acceptors (Lipinski definition) is 6. The van der Waals surface area contributed by atoms with E-state index in [4.69, 9.17) is 15.1 Å². The molecule has 0 unspecified atom stereocenters. The Kier molecular flexibility index (Phi) is 7.68. The molecular weight excluding hydrogens is 434 g/mol. The molecule has 0 fully saturated rings. The first-order chi connectivity index (χ1) is 15.6. The van der Waals surface area contributed by atoms with Crippen LogP contribution in [0.1, 0.15) is 27.8 Å². The van der Waals surface area contributed by atoms with E-state index in [2.05, 4.69) is 65.6 Å². The number of thioether (sulfide) groups is 1. The second kappa shape index (κ2) is 10.9. The number of rotatable bonds is 10. The van der Waals surface area contributed by atoms with Gasteiger partial charge < -0.3 is 15.1 Å². The van der Waals surface area contributed by atoms with Gasteiger partial charge in [-0.1, -0.05) is 54.6 Å². The number of furan rings is 1. The van der Waals surface area contributed by atoms with E-state index in [1.165, 1.54) is 16.7 Å². The molecule has 4 aromatic rings. The average Bonchev–Trinajstić information content (AvgIpc) is 3.38. The Morgan fingerprint density at radius 1 is 0.938 bits per heavy atom. The van der Waals surface area contributed by atoms with Crippen molar-refractivity contribution in [3.05, 3.63) is 94.5 Å². The van der Waals surface area contributed by atoms with E-state index in [1.807, 2.05) is 31.9 Å². The third-order valence-corrected chi connectivity index (χ3v) is 7.07. The van der Waals surface area contributed by atoms with Gasteiger partial charge in [0.15, 0.2) is 0 Å². The lowest BCUT2D eigenvalue weighted by atomic mass is 10.0. The number of nitrogens with zero attached hydrogens (tertiary/aromatic N) is 2. The molecule has 2 N–H and O–H groups in total. The molecule has 4 rings (SSSR count). The summed E-state index contributed by atoms with van der Waals surface area (Å²) in [5.74, 6) is 3.93. The summed E-state index contributed by atoms with van der Waals surface area (Å²) in [5, 5.41) is 1.94. The van der Waals surface area contributed by atoms with E-state index in [9.17, 15) is 0 Å². The molecule has 0 saturated heterocycles. The van der Waals surface area contributed by atoms with Crippen LogP contribution in [0.4, 0.5) is 5.00 Å². The smallest absolute Gasteiger partial charge is 0.118 e. The van der Waals surface area contributed by atoms with Crippen molar-refractivity contribution in [2.45, 2.75) is 25.1 Å². The van der Waals surface area contributed by atoms with Gasteiger partial charge in [-0.25, -0.2) is 4.98 Å². The van der Waals surface area contributed by atoms with Crippen molar-refractivity contribution in [3.63, 3.8) is 0 Å². The fourth-order valence-corrected chi connectivity index (χ4v) is 5.33. The molecule has 0 atom stereocenters. The van der Waals surface area contributed by atoms with Crippen LogP contribution in [0.15, 0.2) is 71.1 Å². The molecule has 0 aliphatic heterocycles. The van der Waals surface area contributed by atoms with Crippen LogP contribution in [0.25, 0.3) is 11.1 Å². The van der Waals surface area contributed by atoms with Gasteiger partial charge in [0.05, 0.1) is 23.0 Å². The summed E-state index contributed by atoms with van der Waals surface area (Å²) in [4.78, 5) is 6.93. The Labute approximate surface area is 198 Å². The fourth-order valence-electron chi connectivity index (χ4n) is 3.52. The molecule has 2 heterocycles. The van der Waals surface area contributed by atoms with Gasteiger partial charge in [0, 0.05) is 18.6 Å². The van der Waals surface area contributed by atoms with Crippen LogP contribution in [0.2, 0.25) is 0 Å². The maximum atomic E-state index is 6.28. The molecular formula is C26H29N3OS2. The Bertz CT molecular complexity index is 1120. The Morgan fingerprint density at radius 3 is 2.41 bits per heavy atom. The summed E-state index contributed by atoms with van der Waals surface area (Å²) < 4.78 is 5.88. The molecule has 0 spiro atoms. The predicted octanol–water partition coefficient (Wildman–Crippen LogP) is 6.11. The second-order valence-corrected chi connectivity index (χ2v) is 10.3. The van der Waals surface area contributed by atoms with Crippen molar-refractivity contribution < 1.29 is 4.42 Å². The van der Waals surface area contributed by atoms with Crippen LogP contribution >= 0.6 is 23.1 Å². The molecule has 0 radical (unpaired) electrons. The molecule has 32 heavy (non-hydrogen) atoms. The highest BCUT2D eigenvalue weighted by Gasteiger charge is 2.10. The number of aryl methyl sites for hydroxylation is 1. The van der Waals surface area contributed by atoms with Crippen LogP contribution in [0.5, 0.6) is 0 Å². The van der Waals surface area contributed by atoms with E-state index in [0.717, 1.165) is 58.1 Å². The Morgan fingerprint density at radius 2 is 1.66 bits per heavy atom. The fraction of sp³-hybridized carbons (Fsp3) is 0.269. The van der Waals surface area contributed by atoms with Crippen molar-refractivity contribution in [1.82, 2.24) is 9.88 Å². The summed E-state index contributed by atoms with van der Waals surface area (Å²) in [6.07, 6.45) is 1.70. The molecule has 166 valence electrons. The number of aromatic nitrogens is 1. The van der Waals surface area contributed by atoms with Gasteiger partial charge in [-0.2, -0.15) is 11.8 Å². The quantitative estimate of drug-likeness (QED) is 0.287. The Balaban J connectivity index is 1.27. The van der Waals surface area contributed by atoms with Crippen molar-refractivity contribution >= 4 is 28.1 Å². The SMILES string of the molecule is CN(C)Cc1ccc(CSCCc2nc(Cc3ccc(-c4ccccc4)cc3)c(N)s2)o1. The zero-order chi connectivity index (χ0) is 22.3. The number of benzene rings is 2. The monoisotopic (exact) mass is 463 g/mol. The van der Waals surface area contributed by atoms with E-state index < -0.39 is 0 Å². The van der Waals surface area contributed by atoms with Crippen molar-refractivity contribution in [1.29, 1.82) is 0 Å².